The lowest BCUT2D eigenvalue weighted by Gasteiger charge is -2.19. The first-order valence-electron chi connectivity index (χ1n) is 5.26. The monoisotopic (exact) mass is 254 g/mol. The maximum absolute atomic E-state index is 11.6. The Morgan fingerprint density at radius 2 is 2.06 bits per heavy atom. The van der Waals surface area contributed by atoms with E-state index in [2.05, 4.69) is 0 Å². The van der Waals surface area contributed by atoms with E-state index >= 15 is 0 Å². The van der Waals surface area contributed by atoms with E-state index in [1.807, 2.05) is 5.32 Å². The number of furan rings is 1. The third-order valence-electron chi connectivity index (χ3n) is 2.07. The van der Waals surface area contributed by atoms with Gasteiger partial charge in [0.1, 0.15) is 0 Å². The van der Waals surface area contributed by atoms with Crippen molar-refractivity contribution in [3.8, 4) is 0 Å². The molecule has 0 radical (unpaired) electrons. The highest BCUT2D eigenvalue weighted by Gasteiger charge is 2.28. The Bertz CT molecular complexity index is 438. The third kappa shape index (κ3) is 3.62. The van der Waals surface area contributed by atoms with E-state index in [-0.39, 0.29) is 11.7 Å². The Hall–Kier alpha value is -2.31. The molecule has 0 aliphatic carbocycles. The Kier molecular flexibility index (Phi) is 4.47. The molecule has 7 nitrogen and oxygen atoms in total. The predicted molar refractivity (Wildman–Crippen MR) is 60.5 cm³/mol. The SMILES string of the molecule is CC(C)[C@H](OC(=O)c1ccco1)C(=O)NC(N)=O. The molecule has 1 aromatic rings. The molecule has 0 saturated heterocycles. The second-order valence-electron chi connectivity index (χ2n) is 3.90. The van der Waals surface area contributed by atoms with E-state index in [0.717, 1.165) is 0 Å². The molecule has 0 aromatic carbocycles. The second-order valence-corrected chi connectivity index (χ2v) is 3.90. The van der Waals surface area contributed by atoms with Crippen LogP contribution >= 0.6 is 0 Å². The molecular weight excluding hydrogens is 240 g/mol. The topological polar surface area (TPSA) is 112 Å². The lowest BCUT2D eigenvalue weighted by atomic mass is 10.1. The van der Waals surface area contributed by atoms with E-state index in [0.29, 0.717) is 0 Å². The van der Waals surface area contributed by atoms with Crippen LogP contribution in [-0.2, 0) is 9.53 Å². The van der Waals surface area contributed by atoms with E-state index in [1.165, 1.54) is 18.4 Å². The van der Waals surface area contributed by atoms with Gasteiger partial charge in [0.2, 0.25) is 5.76 Å². The summed E-state index contributed by atoms with van der Waals surface area (Å²) in [4.78, 5) is 33.8. The molecule has 0 bridgehead atoms. The third-order valence-corrected chi connectivity index (χ3v) is 2.07. The number of carbonyl (C=O) groups is 3. The van der Waals surface area contributed by atoms with Crippen molar-refractivity contribution in [3.63, 3.8) is 0 Å². The van der Waals surface area contributed by atoms with Crippen molar-refractivity contribution in [2.24, 2.45) is 11.7 Å². The number of nitrogens with two attached hydrogens (primary N) is 1. The van der Waals surface area contributed by atoms with Gasteiger partial charge in [-0.15, -0.1) is 0 Å². The Morgan fingerprint density at radius 1 is 1.39 bits per heavy atom. The number of esters is 1. The zero-order chi connectivity index (χ0) is 13.7. The predicted octanol–water partition coefficient (Wildman–Crippen LogP) is 0.656. The van der Waals surface area contributed by atoms with Gasteiger partial charge < -0.3 is 14.9 Å². The molecule has 0 spiro atoms. The summed E-state index contributed by atoms with van der Waals surface area (Å²) in [5.41, 5.74) is 4.83. The van der Waals surface area contributed by atoms with E-state index < -0.39 is 24.0 Å². The number of hydrogen-bond acceptors (Lipinski definition) is 5. The summed E-state index contributed by atoms with van der Waals surface area (Å²) in [5.74, 6) is -1.88. The number of urea groups is 1. The first-order chi connectivity index (χ1) is 8.41. The molecule has 0 aliphatic heterocycles. The van der Waals surface area contributed by atoms with Gasteiger partial charge in [0.05, 0.1) is 6.26 Å². The summed E-state index contributed by atoms with van der Waals surface area (Å²) in [7, 11) is 0. The zero-order valence-corrected chi connectivity index (χ0v) is 10.0. The number of hydrogen-bond donors (Lipinski definition) is 2. The summed E-state index contributed by atoms with van der Waals surface area (Å²) < 4.78 is 9.81. The van der Waals surface area contributed by atoms with Crippen LogP contribution in [0.5, 0.6) is 0 Å². The molecule has 1 rings (SSSR count). The Balaban J connectivity index is 2.72. The molecule has 1 aromatic heterocycles. The standard InChI is InChI=1S/C11H14N2O5/c1-6(2)8(9(14)13-11(12)16)18-10(15)7-4-3-5-17-7/h3-6,8H,1-2H3,(H3,12,13,14,16)/t8-/m0/s1. The lowest BCUT2D eigenvalue weighted by molar-refractivity contribution is -0.131. The maximum Gasteiger partial charge on any atom is 0.375 e. The number of carbonyl (C=O) groups excluding carboxylic acids is 3. The highest BCUT2D eigenvalue weighted by molar-refractivity contribution is 5.97. The van der Waals surface area contributed by atoms with E-state index in [4.69, 9.17) is 14.9 Å². The fourth-order valence-corrected chi connectivity index (χ4v) is 1.25. The van der Waals surface area contributed by atoms with Crippen LogP contribution < -0.4 is 11.1 Å². The molecular formula is C11H14N2O5. The average molecular weight is 254 g/mol. The maximum atomic E-state index is 11.6. The summed E-state index contributed by atoms with van der Waals surface area (Å²) in [6.45, 7) is 3.33. The van der Waals surface area contributed by atoms with Gasteiger partial charge in [-0.2, -0.15) is 0 Å². The van der Waals surface area contributed by atoms with Crippen molar-refractivity contribution in [2.45, 2.75) is 20.0 Å². The minimum atomic E-state index is -1.12. The summed E-state index contributed by atoms with van der Waals surface area (Å²) in [5, 5.41) is 1.87. The molecule has 0 aliphatic rings. The normalized spacial score (nSPS) is 11.9. The van der Waals surface area contributed by atoms with Gasteiger partial charge in [0.15, 0.2) is 6.10 Å². The van der Waals surface area contributed by atoms with Crippen LogP contribution in [0.1, 0.15) is 24.4 Å². The van der Waals surface area contributed by atoms with Crippen LogP contribution in [0.2, 0.25) is 0 Å². The molecule has 3 amide bonds. The fourth-order valence-electron chi connectivity index (χ4n) is 1.25. The van der Waals surface area contributed by atoms with Crippen molar-refractivity contribution in [2.75, 3.05) is 0 Å². The largest absolute Gasteiger partial charge is 0.457 e. The molecule has 0 fully saturated rings. The summed E-state index contributed by atoms with van der Waals surface area (Å²) >= 11 is 0. The van der Waals surface area contributed by atoms with Gasteiger partial charge >= 0.3 is 12.0 Å². The highest BCUT2D eigenvalue weighted by atomic mass is 16.6. The van der Waals surface area contributed by atoms with Gasteiger partial charge in [-0.1, -0.05) is 13.8 Å². The zero-order valence-electron chi connectivity index (χ0n) is 10.0. The van der Waals surface area contributed by atoms with Gasteiger partial charge in [0.25, 0.3) is 5.91 Å². The first kappa shape index (κ1) is 13.8. The van der Waals surface area contributed by atoms with E-state index in [1.54, 1.807) is 13.8 Å². The van der Waals surface area contributed by atoms with Crippen molar-refractivity contribution in [1.82, 2.24) is 5.32 Å². The first-order valence-corrected chi connectivity index (χ1v) is 5.26. The molecule has 0 unspecified atom stereocenters. The van der Waals surface area contributed by atoms with Crippen LogP contribution in [-0.4, -0.2) is 24.0 Å². The van der Waals surface area contributed by atoms with Crippen molar-refractivity contribution in [1.29, 1.82) is 0 Å². The number of ether oxygens (including phenoxy) is 1. The number of imide groups is 1. The van der Waals surface area contributed by atoms with Gasteiger partial charge in [-0.05, 0) is 18.1 Å². The number of nitrogens with one attached hydrogen (secondary N) is 1. The van der Waals surface area contributed by atoms with Crippen LogP contribution in [0.15, 0.2) is 22.8 Å². The van der Waals surface area contributed by atoms with E-state index in [9.17, 15) is 14.4 Å². The minimum Gasteiger partial charge on any atom is -0.457 e. The molecule has 1 heterocycles. The van der Waals surface area contributed by atoms with Gasteiger partial charge in [-0.3, -0.25) is 10.1 Å². The number of primary amides is 1. The molecule has 98 valence electrons. The molecule has 7 heteroatoms. The smallest absolute Gasteiger partial charge is 0.375 e. The van der Waals surface area contributed by atoms with Crippen LogP contribution in [0.4, 0.5) is 4.79 Å². The lowest BCUT2D eigenvalue weighted by Crippen LogP contribution is -2.45. The average Bonchev–Trinajstić information content (AvgIpc) is 2.77. The fraction of sp³-hybridized carbons (Fsp3) is 0.364. The summed E-state index contributed by atoms with van der Waals surface area (Å²) in [6, 6.07) is 1.93. The van der Waals surface area contributed by atoms with Crippen molar-refractivity contribution in [3.05, 3.63) is 24.2 Å². The van der Waals surface area contributed by atoms with Crippen LogP contribution in [0.3, 0.4) is 0 Å². The minimum absolute atomic E-state index is 0.0208. The Labute approximate surface area is 103 Å². The molecule has 18 heavy (non-hydrogen) atoms. The highest BCUT2D eigenvalue weighted by Crippen LogP contribution is 2.11. The van der Waals surface area contributed by atoms with Gasteiger partial charge in [0, 0.05) is 0 Å². The Morgan fingerprint density at radius 3 is 2.50 bits per heavy atom. The number of rotatable bonds is 4. The number of amides is 3. The molecule has 0 saturated carbocycles. The van der Waals surface area contributed by atoms with Crippen molar-refractivity contribution >= 4 is 17.9 Å². The van der Waals surface area contributed by atoms with Gasteiger partial charge in [-0.25, -0.2) is 9.59 Å². The quantitative estimate of drug-likeness (QED) is 0.766. The van der Waals surface area contributed by atoms with Crippen LogP contribution in [0, 0.1) is 5.92 Å². The van der Waals surface area contributed by atoms with Crippen molar-refractivity contribution < 1.29 is 23.5 Å². The van der Waals surface area contributed by atoms with Crippen LogP contribution in [0.25, 0.3) is 0 Å². The molecule has 3 N–H and O–H groups in total. The molecule has 1 atom stereocenters. The second kappa shape index (κ2) is 5.85. The summed E-state index contributed by atoms with van der Waals surface area (Å²) in [6.07, 6.45) is 0.194.